The molecular formula is C12H16BrFN2O. The van der Waals surface area contributed by atoms with Crippen LogP contribution in [0.15, 0.2) is 16.7 Å². The summed E-state index contributed by atoms with van der Waals surface area (Å²) in [5.41, 5.74) is 0. The second kappa shape index (κ2) is 5.78. The van der Waals surface area contributed by atoms with Gasteiger partial charge in [-0.15, -0.1) is 0 Å². The largest absolute Gasteiger partial charge is 0.393 e. The Bertz CT molecular complexity index is 389. The van der Waals surface area contributed by atoms with Gasteiger partial charge in [0.05, 0.1) is 6.10 Å². The maximum absolute atomic E-state index is 13.5. The molecule has 0 aromatic carbocycles. The van der Waals surface area contributed by atoms with Crippen molar-refractivity contribution in [3.05, 3.63) is 22.6 Å². The van der Waals surface area contributed by atoms with E-state index >= 15 is 0 Å². The van der Waals surface area contributed by atoms with Crippen molar-refractivity contribution in [3.63, 3.8) is 0 Å². The molecule has 1 fully saturated rings. The molecule has 1 aromatic heterocycles. The highest BCUT2D eigenvalue weighted by Crippen LogP contribution is 2.25. The molecule has 1 heterocycles. The molecule has 1 saturated carbocycles. The van der Waals surface area contributed by atoms with Crippen LogP contribution in [0.25, 0.3) is 0 Å². The minimum Gasteiger partial charge on any atom is -0.393 e. The molecule has 0 spiro atoms. The van der Waals surface area contributed by atoms with E-state index in [0.717, 1.165) is 25.7 Å². The number of rotatable bonds is 3. The lowest BCUT2D eigenvalue weighted by atomic mass is 9.87. The standard InChI is InChI=1S/C12H16BrFN2O/c13-9-5-11(14)12(16-7-9)15-6-8-2-1-3-10(17)4-8/h5,7-8,10,17H,1-4,6H2,(H,15,16). The van der Waals surface area contributed by atoms with Gasteiger partial charge in [0.25, 0.3) is 0 Å². The van der Waals surface area contributed by atoms with Crippen molar-refractivity contribution in [1.29, 1.82) is 0 Å². The number of hydrogen-bond acceptors (Lipinski definition) is 3. The number of aromatic nitrogens is 1. The molecule has 1 aliphatic carbocycles. The molecule has 0 saturated heterocycles. The molecule has 0 aliphatic heterocycles. The first kappa shape index (κ1) is 12.8. The first-order chi connectivity index (χ1) is 8.15. The Balaban J connectivity index is 1.88. The zero-order valence-electron chi connectivity index (χ0n) is 9.50. The summed E-state index contributed by atoms with van der Waals surface area (Å²) < 4.78 is 14.1. The van der Waals surface area contributed by atoms with Crippen LogP contribution < -0.4 is 5.32 Å². The fraction of sp³-hybridized carbons (Fsp3) is 0.583. The first-order valence-corrected chi connectivity index (χ1v) is 6.67. The van der Waals surface area contributed by atoms with Crippen LogP contribution in [0.4, 0.5) is 10.2 Å². The van der Waals surface area contributed by atoms with Crippen LogP contribution in [-0.4, -0.2) is 22.7 Å². The van der Waals surface area contributed by atoms with Gasteiger partial charge in [0.15, 0.2) is 11.6 Å². The van der Waals surface area contributed by atoms with Crippen LogP contribution in [0.3, 0.4) is 0 Å². The van der Waals surface area contributed by atoms with Crippen LogP contribution in [0.1, 0.15) is 25.7 Å². The van der Waals surface area contributed by atoms with E-state index in [1.165, 1.54) is 6.07 Å². The fourth-order valence-corrected chi connectivity index (χ4v) is 2.54. The highest BCUT2D eigenvalue weighted by molar-refractivity contribution is 9.10. The number of nitrogens with one attached hydrogen (secondary N) is 1. The van der Waals surface area contributed by atoms with Gasteiger partial charge in [-0.3, -0.25) is 0 Å². The summed E-state index contributed by atoms with van der Waals surface area (Å²) in [6.45, 7) is 0.669. The second-order valence-corrected chi connectivity index (χ2v) is 5.47. The smallest absolute Gasteiger partial charge is 0.166 e. The number of anilines is 1. The van der Waals surface area contributed by atoms with Gasteiger partial charge in [-0.2, -0.15) is 0 Å². The van der Waals surface area contributed by atoms with Crippen LogP contribution in [0.2, 0.25) is 0 Å². The Hall–Kier alpha value is -0.680. The lowest BCUT2D eigenvalue weighted by molar-refractivity contribution is 0.104. The van der Waals surface area contributed by atoms with E-state index in [0.29, 0.717) is 16.9 Å². The zero-order chi connectivity index (χ0) is 12.3. The third kappa shape index (κ3) is 3.64. The number of hydrogen-bond donors (Lipinski definition) is 2. The number of halogens is 2. The molecule has 1 aromatic rings. The summed E-state index contributed by atoms with van der Waals surface area (Å²) >= 11 is 3.17. The molecule has 17 heavy (non-hydrogen) atoms. The average Bonchev–Trinajstić information content (AvgIpc) is 2.28. The first-order valence-electron chi connectivity index (χ1n) is 5.88. The average molecular weight is 303 g/mol. The summed E-state index contributed by atoms with van der Waals surface area (Å²) in [5.74, 6) is 0.340. The van der Waals surface area contributed by atoms with Gasteiger partial charge in [0.2, 0.25) is 0 Å². The molecule has 2 unspecified atom stereocenters. The van der Waals surface area contributed by atoms with Gasteiger partial charge in [-0.1, -0.05) is 6.42 Å². The number of pyridine rings is 1. The predicted octanol–water partition coefficient (Wildman–Crippen LogP) is 2.95. The molecule has 2 atom stereocenters. The van der Waals surface area contributed by atoms with E-state index in [4.69, 9.17) is 0 Å². The maximum atomic E-state index is 13.5. The Morgan fingerprint density at radius 2 is 2.35 bits per heavy atom. The van der Waals surface area contributed by atoms with Crippen molar-refractivity contribution < 1.29 is 9.50 Å². The molecule has 0 amide bonds. The monoisotopic (exact) mass is 302 g/mol. The number of aliphatic hydroxyl groups excluding tert-OH is 1. The van der Waals surface area contributed by atoms with E-state index in [9.17, 15) is 9.50 Å². The topological polar surface area (TPSA) is 45.1 Å². The Morgan fingerprint density at radius 1 is 1.53 bits per heavy atom. The van der Waals surface area contributed by atoms with Crippen molar-refractivity contribution >= 4 is 21.7 Å². The summed E-state index contributed by atoms with van der Waals surface area (Å²) in [5, 5.41) is 12.6. The normalized spacial score (nSPS) is 24.6. The molecule has 94 valence electrons. The van der Waals surface area contributed by atoms with E-state index in [1.807, 2.05) is 0 Å². The minimum atomic E-state index is -0.351. The summed E-state index contributed by atoms with van der Waals surface area (Å²) in [6, 6.07) is 1.39. The SMILES string of the molecule is OC1CCCC(CNc2ncc(Br)cc2F)C1. The number of nitrogens with zero attached hydrogens (tertiary/aromatic N) is 1. The van der Waals surface area contributed by atoms with Gasteiger partial charge in [0.1, 0.15) is 0 Å². The molecule has 0 radical (unpaired) electrons. The molecule has 5 heteroatoms. The zero-order valence-corrected chi connectivity index (χ0v) is 11.1. The van der Waals surface area contributed by atoms with Gasteiger partial charge < -0.3 is 10.4 Å². The Kier molecular flexibility index (Phi) is 4.34. The highest BCUT2D eigenvalue weighted by Gasteiger charge is 2.20. The molecule has 2 rings (SSSR count). The van der Waals surface area contributed by atoms with E-state index in [2.05, 4.69) is 26.2 Å². The van der Waals surface area contributed by atoms with Crippen molar-refractivity contribution in [2.45, 2.75) is 31.8 Å². The van der Waals surface area contributed by atoms with Crippen molar-refractivity contribution in [2.24, 2.45) is 5.92 Å². The van der Waals surface area contributed by atoms with Crippen LogP contribution in [-0.2, 0) is 0 Å². The Labute approximate surface area is 109 Å². The van der Waals surface area contributed by atoms with E-state index < -0.39 is 0 Å². The number of aliphatic hydroxyl groups is 1. The molecule has 1 aliphatic rings. The van der Waals surface area contributed by atoms with Gasteiger partial charge in [0, 0.05) is 17.2 Å². The summed E-state index contributed by atoms with van der Waals surface area (Å²) in [7, 11) is 0. The Morgan fingerprint density at radius 3 is 3.06 bits per heavy atom. The van der Waals surface area contributed by atoms with Crippen LogP contribution >= 0.6 is 15.9 Å². The van der Waals surface area contributed by atoms with E-state index in [1.54, 1.807) is 6.20 Å². The third-order valence-electron chi connectivity index (χ3n) is 3.12. The third-order valence-corrected chi connectivity index (χ3v) is 3.55. The lowest BCUT2D eigenvalue weighted by Gasteiger charge is -2.26. The maximum Gasteiger partial charge on any atom is 0.166 e. The van der Waals surface area contributed by atoms with Crippen molar-refractivity contribution in [2.75, 3.05) is 11.9 Å². The molecule has 3 nitrogen and oxygen atoms in total. The minimum absolute atomic E-state index is 0.196. The van der Waals surface area contributed by atoms with Gasteiger partial charge >= 0.3 is 0 Å². The summed E-state index contributed by atoms with van der Waals surface area (Å²) in [4.78, 5) is 3.99. The fourth-order valence-electron chi connectivity index (χ4n) is 2.23. The quantitative estimate of drug-likeness (QED) is 0.902. The molecular weight excluding hydrogens is 287 g/mol. The second-order valence-electron chi connectivity index (χ2n) is 4.55. The molecule has 0 bridgehead atoms. The van der Waals surface area contributed by atoms with Crippen molar-refractivity contribution in [3.8, 4) is 0 Å². The van der Waals surface area contributed by atoms with E-state index in [-0.39, 0.29) is 17.7 Å². The van der Waals surface area contributed by atoms with Crippen LogP contribution in [0.5, 0.6) is 0 Å². The van der Waals surface area contributed by atoms with Crippen LogP contribution in [0, 0.1) is 11.7 Å². The summed E-state index contributed by atoms with van der Waals surface area (Å²) in [6.07, 6.45) is 5.19. The highest BCUT2D eigenvalue weighted by atomic mass is 79.9. The van der Waals surface area contributed by atoms with Gasteiger partial charge in [-0.05, 0) is 47.2 Å². The molecule has 2 N–H and O–H groups in total. The lowest BCUT2D eigenvalue weighted by Crippen LogP contribution is -2.25. The van der Waals surface area contributed by atoms with Gasteiger partial charge in [-0.25, -0.2) is 9.37 Å². The predicted molar refractivity (Wildman–Crippen MR) is 68.3 cm³/mol. The van der Waals surface area contributed by atoms with Crippen molar-refractivity contribution in [1.82, 2.24) is 4.98 Å².